The minimum Gasteiger partial charge on any atom is -0.508 e. The molecule has 0 bridgehead atoms. The van der Waals surface area contributed by atoms with Crippen molar-refractivity contribution >= 4 is 21.4 Å². The Morgan fingerprint density at radius 2 is 1.69 bits per heavy atom. The fraction of sp³-hybridized carbons (Fsp3) is 0. The van der Waals surface area contributed by atoms with E-state index >= 15 is 0 Å². The molecule has 0 aliphatic carbocycles. The van der Waals surface area contributed by atoms with Crippen molar-refractivity contribution in [2.24, 2.45) is 0 Å². The number of benzene rings is 2. The summed E-state index contributed by atoms with van der Waals surface area (Å²) in [5, 5.41) is 10.6. The number of rotatable bonds is 1. The Labute approximate surface area is 97.6 Å². The Kier molecular flexibility index (Phi) is 2.15. The van der Waals surface area contributed by atoms with Crippen molar-refractivity contribution in [3.63, 3.8) is 0 Å². The first kappa shape index (κ1) is 9.43. The molecule has 0 spiro atoms. The standard InChI is InChI=1S/C14H10OS/c15-12-7-6-11-8-13(16-14(11)9-12)10-4-2-1-3-5-10/h1-9,15H. The third-order valence-corrected chi connectivity index (χ3v) is 3.71. The molecular weight excluding hydrogens is 216 g/mol. The van der Waals surface area contributed by atoms with Crippen molar-refractivity contribution in [1.29, 1.82) is 0 Å². The molecule has 0 saturated carbocycles. The average Bonchev–Trinajstić information content (AvgIpc) is 2.73. The molecule has 0 amide bonds. The maximum absolute atomic E-state index is 9.42. The van der Waals surface area contributed by atoms with Crippen LogP contribution in [0.25, 0.3) is 20.5 Å². The van der Waals surface area contributed by atoms with Crippen LogP contribution >= 0.6 is 11.3 Å². The summed E-state index contributed by atoms with van der Waals surface area (Å²) in [6.45, 7) is 0. The quantitative estimate of drug-likeness (QED) is 0.656. The molecule has 0 radical (unpaired) electrons. The molecule has 1 aromatic heterocycles. The molecule has 2 heteroatoms. The van der Waals surface area contributed by atoms with Crippen LogP contribution in [0.4, 0.5) is 0 Å². The Bertz CT molecular complexity index is 626. The zero-order valence-corrected chi connectivity index (χ0v) is 9.37. The summed E-state index contributed by atoms with van der Waals surface area (Å²) >= 11 is 1.70. The van der Waals surface area contributed by atoms with E-state index in [-0.39, 0.29) is 0 Å². The molecular formula is C14H10OS. The van der Waals surface area contributed by atoms with E-state index in [1.54, 1.807) is 17.4 Å². The number of aromatic hydroxyl groups is 1. The number of hydrogen-bond donors (Lipinski definition) is 1. The Balaban J connectivity index is 2.19. The highest BCUT2D eigenvalue weighted by molar-refractivity contribution is 7.22. The predicted molar refractivity (Wildman–Crippen MR) is 68.9 cm³/mol. The molecule has 0 saturated heterocycles. The molecule has 16 heavy (non-hydrogen) atoms. The van der Waals surface area contributed by atoms with Gasteiger partial charge in [-0.25, -0.2) is 0 Å². The lowest BCUT2D eigenvalue weighted by Gasteiger charge is -1.93. The van der Waals surface area contributed by atoms with Crippen LogP contribution in [0.1, 0.15) is 0 Å². The number of thiophene rings is 1. The zero-order valence-electron chi connectivity index (χ0n) is 8.55. The third-order valence-electron chi connectivity index (χ3n) is 2.56. The molecule has 78 valence electrons. The Hall–Kier alpha value is -1.80. The van der Waals surface area contributed by atoms with Crippen molar-refractivity contribution in [2.45, 2.75) is 0 Å². The van der Waals surface area contributed by atoms with Gasteiger partial charge in [0.15, 0.2) is 0 Å². The van der Waals surface area contributed by atoms with Crippen molar-refractivity contribution in [3.8, 4) is 16.2 Å². The van der Waals surface area contributed by atoms with Crippen molar-refractivity contribution in [3.05, 3.63) is 54.6 Å². The third kappa shape index (κ3) is 1.57. The zero-order chi connectivity index (χ0) is 11.0. The first-order chi connectivity index (χ1) is 7.83. The molecule has 0 aliphatic rings. The number of phenols is 1. The Morgan fingerprint density at radius 3 is 2.50 bits per heavy atom. The summed E-state index contributed by atoms with van der Waals surface area (Å²) in [5.74, 6) is 0.328. The molecule has 1 heterocycles. The second-order valence-electron chi connectivity index (χ2n) is 3.70. The van der Waals surface area contributed by atoms with Gasteiger partial charge < -0.3 is 5.11 Å². The van der Waals surface area contributed by atoms with Crippen LogP contribution in [-0.4, -0.2) is 5.11 Å². The van der Waals surface area contributed by atoms with Gasteiger partial charge in [0.1, 0.15) is 5.75 Å². The SMILES string of the molecule is Oc1ccc2cc(-c3ccccc3)sc2c1. The van der Waals surface area contributed by atoms with Gasteiger partial charge in [-0.2, -0.15) is 0 Å². The first-order valence-electron chi connectivity index (χ1n) is 5.11. The van der Waals surface area contributed by atoms with Crippen molar-refractivity contribution < 1.29 is 5.11 Å². The van der Waals surface area contributed by atoms with Crippen molar-refractivity contribution in [2.75, 3.05) is 0 Å². The highest BCUT2D eigenvalue weighted by Gasteiger charge is 2.03. The van der Waals surface area contributed by atoms with Gasteiger partial charge in [0.25, 0.3) is 0 Å². The van der Waals surface area contributed by atoms with E-state index in [1.165, 1.54) is 15.8 Å². The van der Waals surface area contributed by atoms with Gasteiger partial charge in [-0.15, -0.1) is 11.3 Å². The number of hydrogen-bond acceptors (Lipinski definition) is 2. The van der Waals surface area contributed by atoms with E-state index in [1.807, 2.05) is 30.3 Å². The minimum atomic E-state index is 0.328. The van der Waals surface area contributed by atoms with E-state index < -0.39 is 0 Å². The lowest BCUT2D eigenvalue weighted by molar-refractivity contribution is 0.476. The Morgan fingerprint density at radius 1 is 0.875 bits per heavy atom. The fourth-order valence-electron chi connectivity index (χ4n) is 1.76. The minimum absolute atomic E-state index is 0.328. The van der Waals surface area contributed by atoms with Crippen LogP contribution in [-0.2, 0) is 0 Å². The van der Waals surface area contributed by atoms with Gasteiger partial charge in [-0.3, -0.25) is 0 Å². The largest absolute Gasteiger partial charge is 0.508 e. The van der Waals surface area contributed by atoms with Gasteiger partial charge >= 0.3 is 0 Å². The molecule has 1 nitrogen and oxygen atoms in total. The molecule has 3 aromatic rings. The molecule has 0 aliphatic heterocycles. The van der Waals surface area contributed by atoms with Gasteiger partial charge in [0.2, 0.25) is 0 Å². The summed E-state index contributed by atoms with van der Waals surface area (Å²) < 4.78 is 1.12. The average molecular weight is 226 g/mol. The first-order valence-corrected chi connectivity index (χ1v) is 5.92. The normalized spacial score (nSPS) is 10.8. The van der Waals surface area contributed by atoms with Crippen LogP contribution < -0.4 is 0 Å². The highest BCUT2D eigenvalue weighted by atomic mass is 32.1. The van der Waals surface area contributed by atoms with Gasteiger partial charge in [-0.05, 0) is 35.2 Å². The second kappa shape index (κ2) is 3.65. The maximum atomic E-state index is 9.42. The van der Waals surface area contributed by atoms with E-state index in [4.69, 9.17) is 0 Å². The van der Waals surface area contributed by atoms with Crippen LogP contribution in [0.2, 0.25) is 0 Å². The lowest BCUT2D eigenvalue weighted by atomic mass is 10.1. The maximum Gasteiger partial charge on any atom is 0.117 e. The van der Waals surface area contributed by atoms with E-state index in [2.05, 4.69) is 18.2 Å². The molecule has 0 atom stereocenters. The molecule has 2 aromatic carbocycles. The summed E-state index contributed by atoms with van der Waals surface area (Å²) in [5.41, 5.74) is 1.23. The van der Waals surface area contributed by atoms with Crippen LogP contribution in [0.5, 0.6) is 5.75 Å². The summed E-state index contributed by atoms with van der Waals surface area (Å²) in [4.78, 5) is 1.24. The summed E-state index contributed by atoms with van der Waals surface area (Å²) in [7, 11) is 0. The topological polar surface area (TPSA) is 20.2 Å². The van der Waals surface area contributed by atoms with Crippen LogP contribution in [0.15, 0.2) is 54.6 Å². The lowest BCUT2D eigenvalue weighted by Crippen LogP contribution is -1.67. The number of fused-ring (bicyclic) bond motifs is 1. The molecule has 1 N–H and O–H groups in total. The molecule has 0 fully saturated rings. The van der Waals surface area contributed by atoms with Crippen molar-refractivity contribution in [1.82, 2.24) is 0 Å². The van der Waals surface area contributed by atoms with Crippen LogP contribution in [0, 0.1) is 0 Å². The second-order valence-corrected chi connectivity index (χ2v) is 4.78. The molecule has 0 unspecified atom stereocenters. The van der Waals surface area contributed by atoms with Crippen LogP contribution in [0.3, 0.4) is 0 Å². The van der Waals surface area contributed by atoms with Gasteiger partial charge in [0.05, 0.1) is 0 Å². The smallest absolute Gasteiger partial charge is 0.117 e. The fourth-order valence-corrected chi connectivity index (χ4v) is 2.87. The van der Waals surface area contributed by atoms with E-state index in [9.17, 15) is 5.11 Å². The molecule has 3 rings (SSSR count). The summed E-state index contributed by atoms with van der Waals surface area (Å²) in [6.07, 6.45) is 0. The van der Waals surface area contributed by atoms with E-state index in [0.29, 0.717) is 5.75 Å². The highest BCUT2D eigenvalue weighted by Crippen LogP contribution is 2.34. The summed E-state index contributed by atoms with van der Waals surface area (Å²) in [6, 6.07) is 17.9. The monoisotopic (exact) mass is 226 g/mol. The van der Waals surface area contributed by atoms with Gasteiger partial charge in [0, 0.05) is 9.58 Å². The predicted octanol–water partition coefficient (Wildman–Crippen LogP) is 4.27. The van der Waals surface area contributed by atoms with E-state index in [0.717, 1.165) is 4.70 Å². The number of phenolic OH excluding ortho intramolecular Hbond substituents is 1. The van der Waals surface area contributed by atoms with Gasteiger partial charge in [-0.1, -0.05) is 30.3 Å².